The van der Waals surface area contributed by atoms with Crippen molar-refractivity contribution in [2.24, 2.45) is 0 Å². The van der Waals surface area contributed by atoms with Crippen molar-refractivity contribution in [3.63, 3.8) is 0 Å². The van der Waals surface area contributed by atoms with Crippen LogP contribution >= 0.6 is 23.2 Å². The molecule has 0 heterocycles. The maximum Gasteiger partial charge on any atom is 0.326 e. The van der Waals surface area contributed by atoms with E-state index < -0.39 is 17.9 Å². The van der Waals surface area contributed by atoms with Crippen molar-refractivity contribution in [1.82, 2.24) is 5.32 Å². The molecule has 4 amide bonds. The fraction of sp³-hybridized carbons (Fsp3) is 0.130. The summed E-state index contributed by atoms with van der Waals surface area (Å²) in [7, 11) is 0. The zero-order valence-electron chi connectivity index (χ0n) is 17.2. The van der Waals surface area contributed by atoms with Crippen LogP contribution in [0, 0.1) is 12.7 Å². The van der Waals surface area contributed by atoms with Gasteiger partial charge in [-0.2, -0.15) is 0 Å². The number of benzene rings is 3. The normalized spacial score (nSPS) is 10.4. The van der Waals surface area contributed by atoms with Crippen LogP contribution in [0.5, 0.6) is 0 Å². The Hall–Kier alpha value is -3.29. The average molecular weight is 475 g/mol. The van der Waals surface area contributed by atoms with E-state index in [1.807, 2.05) is 25.1 Å². The average Bonchev–Trinajstić information content (AvgIpc) is 2.76. The largest absolute Gasteiger partial charge is 0.336 e. The van der Waals surface area contributed by atoms with Gasteiger partial charge in [-0.15, -0.1) is 0 Å². The van der Waals surface area contributed by atoms with Gasteiger partial charge in [0.25, 0.3) is 0 Å². The van der Waals surface area contributed by atoms with Gasteiger partial charge >= 0.3 is 12.1 Å². The number of amides is 4. The Bertz CT molecular complexity index is 1110. The van der Waals surface area contributed by atoms with Crippen molar-refractivity contribution < 1.29 is 14.0 Å². The SMILES string of the molecule is Cc1ccccc1NC(=O)N(CCNC(=O)Nc1ccc(Cl)cc1Cl)c1ccc(F)cc1. The van der Waals surface area contributed by atoms with Crippen LogP contribution in [0.25, 0.3) is 0 Å². The summed E-state index contributed by atoms with van der Waals surface area (Å²) in [5.74, 6) is -0.412. The van der Waals surface area contributed by atoms with E-state index in [0.29, 0.717) is 27.1 Å². The van der Waals surface area contributed by atoms with Crippen molar-refractivity contribution in [3.05, 3.63) is 88.2 Å². The second kappa shape index (κ2) is 10.8. The molecule has 3 aromatic carbocycles. The summed E-state index contributed by atoms with van der Waals surface area (Å²) < 4.78 is 13.4. The van der Waals surface area contributed by atoms with E-state index in [4.69, 9.17) is 23.2 Å². The summed E-state index contributed by atoms with van der Waals surface area (Å²) in [5, 5.41) is 8.91. The van der Waals surface area contributed by atoms with E-state index in [-0.39, 0.29) is 13.1 Å². The number of urea groups is 2. The number of carbonyl (C=O) groups is 2. The molecular formula is C23H21Cl2FN4O2. The lowest BCUT2D eigenvalue weighted by molar-refractivity contribution is 0.250. The number of hydrogen-bond acceptors (Lipinski definition) is 2. The molecule has 0 bridgehead atoms. The Kier molecular flexibility index (Phi) is 7.92. The zero-order valence-corrected chi connectivity index (χ0v) is 18.7. The van der Waals surface area contributed by atoms with E-state index in [1.54, 1.807) is 18.2 Å². The molecule has 0 aromatic heterocycles. The first-order valence-electron chi connectivity index (χ1n) is 9.73. The van der Waals surface area contributed by atoms with Crippen molar-refractivity contribution >= 4 is 52.3 Å². The first kappa shape index (κ1) is 23.4. The number of para-hydroxylation sites is 1. The second-order valence-corrected chi connectivity index (χ2v) is 7.72. The number of nitrogens with zero attached hydrogens (tertiary/aromatic N) is 1. The maximum atomic E-state index is 13.4. The lowest BCUT2D eigenvalue weighted by Gasteiger charge is -2.24. The topological polar surface area (TPSA) is 73.5 Å². The fourth-order valence-electron chi connectivity index (χ4n) is 2.90. The second-order valence-electron chi connectivity index (χ2n) is 6.88. The van der Waals surface area contributed by atoms with Crippen LogP contribution in [-0.2, 0) is 0 Å². The zero-order chi connectivity index (χ0) is 23.1. The Morgan fingerprint density at radius 1 is 0.938 bits per heavy atom. The minimum Gasteiger partial charge on any atom is -0.336 e. The molecular weight excluding hydrogens is 454 g/mol. The summed E-state index contributed by atoms with van der Waals surface area (Å²) in [5.41, 5.74) is 2.45. The van der Waals surface area contributed by atoms with E-state index >= 15 is 0 Å². The smallest absolute Gasteiger partial charge is 0.326 e. The van der Waals surface area contributed by atoms with Gasteiger partial charge in [0, 0.05) is 29.5 Å². The summed E-state index contributed by atoms with van der Waals surface area (Å²) in [4.78, 5) is 26.6. The Labute approximate surface area is 195 Å². The molecule has 9 heteroatoms. The first-order valence-corrected chi connectivity index (χ1v) is 10.5. The highest BCUT2D eigenvalue weighted by Crippen LogP contribution is 2.25. The summed E-state index contributed by atoms with van der Waals surface area (Å²) >= 11 is 11.9. The molecule has 0 spiro atoms. The van der Waals surface area contributed by atoms with E-state index in [0.717, 1.165) is 5.56 Å². The van der Waals surface area contributed by atoms with Gasteiger partial charge in [0.2, 0.25) is 0 Å². The molecule has 6 nitrogen and oxygen atoms in total. The van der Waals surface area contributed by atoms with Gasteiger partial charge in [-0.3, -0.25) is 4.90 Å². The lowest BCUT2D eigenvalue weighted by atomic mass is 10.2. The van der Waals surface area contributed by atoms with Gasteiger partial charge in [0.05, 0.1) is 10.7 Å². The van der Waals surface area contributed by atoms with Gasteiger partial charge in [0.1, 0.15) is 5.82 Å². The Morgan fingerprint density at radius 2 is 1.66 bits per heavy atom. The van der Waals surface area contributed by atoms with Crippen LogP contribution in [0.4, 0.5) is 31.0 Å². The van der Waals surface area contributed by atoms with Crippen LogP contribution < -0.4 is 20.9 Å². The number of anilines is 3. The number of rotatable bonds is 6. The Morgan fingerprint density at radius 3 is 2.34 bits per heavy atom. The molecule has 166 valence electrons. The third kappa shape index (κ3) is 6.35. The minimum absolute atomic E-state index is 0.135. The predicted molar refractivity (Wildman–Crippen MR) is 127 cm³/mol. The van der Waals surface area contributed by atoms with Crippen LogP contribution in [0.1, 0.15) is 5.56 Å². The van der Waals surface area contributed by atoms with Crippen LogP contribution in [0.15, 0.2) is 66.7 Å². The molecule has 3 N–H and O–H groups in total. The molecule has 0 fully saturated rings. The van der Waals surface area contributed by atoms with E-state index in [1.165, 1.54) is 35.2 Å². The molecule has 0 radical (unpaired) electrons. The third-order valence-corrected chi connectivity index (χ3v) is 5.12. The van der Waals surface area contributed by atoms with Crippen molar-refractivity contribution in [2.75, 3.05) is 28.6 Å². The quantitative estimate of drug-likeness (QED) is 0.392. The standard InChI is InChI=1S/C23H21Cl2FN4O2/c1-15-4-2-3-5-20(15)29-23(32)30(18-9-7-17(26)8-10-18)13-12-27-22(31)28-21-11-6-16(24)14-19(21)25/h2-11,14H,12-13H2,1H3,(H,29,32)(H2,27,28,31). The predicted octanol–water partition coefficient (Wildman–Crippen LogP) is 6.30. The molecule has 0 atom stereocenters. The summed E-state index contributed by atoms with van der Waals surface area (Å²) in [6.45, 7) is 2.16. The Balaban J connectivity index is 1.66. The van der Waals surface area contributed by atoms with Gasteiger partial charge in [-0.1, -0.05) is 41.4 Å². The number of nitrogens with one attached hydrogen (secondary N) is 3. The highest BCUT2D eigenvalue weighted by Gasteiger charge is 2.17. The number of halogens is 3. The van der Waals surface area contributed by atoms with Gasteiger partial charge < -0.3 is 16.0 Å². The third-order valence-electron chi connectivity index (χ3n) is 4.57. The van der Waals surface area contributed by atoms with Gasteiger partial charge in [0.15, 0.2) is 0 Å². The molecule has 0 aliphatic rings. The highest BCUT2D eigenvalue weighted by molar-refractivity contribution is 6.36. The number of aryl methyl sites for hydroxylation is 1. The van der Waals surface area contributed by atoms with Crippen molar-refractivity contribution in [2.45, 2.75) is 6.92 Å². The monoisotopic (exact) mass is 474 g/mol. The molecule has 0 saturated heterocycles. The maximum absolute atomic E-state index is 13.4. The summed E-state index contributed by atoms with van der Waals surface area (Å²) in [6, 6.07) is 16.7. The first-order chi connectivity index (χ1) is 15.3. The fourth-order valence-corrected chi connectivity index (χ4v) is 3.36. The molecule has 3 rings (SSSR count). The minimum atomic E-state index is -0.493. The lowest BCUT2D eigenvalue weighted by Crippen LogP contribution is -2.42. The molecule has 0 unspecified atom stereocenters. The van der Waals surface area contributed by atoms with Crippen LogP contribution in [0.3, 0.4) is 0 Å². The van der Waals surface area contributed by atoms with Crippen molar-refractivity contribution in [3.8, 4) is 0 Å². The summed E-state index contributed by atoms with van der Waals surface area (Å²) in [6.07, 6.45) is 0. The van der Waals surface area contributed by atoms with Crippen LogP contribution in [-0.4, -0.2) is 25.2 Å². The molecule has 0 aliphatic heterocycles. The van der Waals surface area contributed by atoms with E-state index in [9.17, 15) is 14.0 Å². The van der Waals surface area contributed by atoms with Gasteiger partial charge in [-0.25, -0.2) is 14.0 Å². The van der Waals surface area contributed by atoms with Crippen LogP contribution in [0.2, 0.25) is 10.0 Å². The van der Waals surface area contributed by atoms with Crippen molar-refractivity contribution in [1.29, 1.82) is 0 Å². The number of carbonyl (C=O) groups excluding carboxylic acids is 2. The molecule has 3 aromatic rings. The molecule has 0 aliphatic carbocycles. The highest BCUT2D eigenvalue weighted by atomic mass is 35.5. The molecule has 32 heavy (non-hydrogen) atoms. The number of hydrogen-bond donors (Lipinski definition) is 3. The van der Waals surface area contributed by atoms with E-state index in [2.05, 4.69) is 16.0 Å². The molecule has 0 saturated carbocycles. The van der Waals surface area contributed by atoms with Gasteiger partial charge in [-0.05, 0) is 61.0 Å².